The first kappa shape index (κ1) is 21.1. The molecule has 1 aliphatic heterocycles. The fraction of sp³-hybridized carbons (Fsp3) is 0.286. The minimum Gasteiger partial charge on any atom is -0.445 e. The maximum atomic E-state index is 12.7. The third-order valence-electron chi connectivity index (χ3n) is 5.05. The SMILES string of the molecule is N#CC[C@H]1CN(c2nc(Cl)nc3cc(Cl)ncc23)CCN1C(=O)OCc1ccccc1. The number of nitrogens with zero attached hydrogens (tertiary/aromatic N) is 6. The maximum Gasteiger partial charge on any atom is 0.410 e. The summed E-state index contributed by atoms with van der Waals surface area (Å²) in [6.07, 6.45) is 1.32. The first-order chi connectivity index (χ1) is 15.0. The van der Waals surface area contributed by atoms with E-state index in [2.05, 4.69) is 21.0 Å². The zero-order chi connectivity index (χ0) is 21.8. The third kappa shape index (κ3) is 4.79. The van der Waals surface area contributed by atoms with Gasteiger partial charge in [-0.25, -0.2) is 14.8 Å². The number of aromatic nitrogens is 3. The van der Waals surface area contributed by atoms with E-state index in [0.29, 0.717) is 41.5 Å². The molecule has 4 rings (SSSR count). The van der Waals surface area contributed by atoms with Crippen LogP contribution in [0.3, 0.4) is 0 Å². The Morgan fingerprint density at radius 2 is 2.03 bits per heavy atom. The normalized spacial score (nSPS) is 16.2. The molecule has 1 atom stereocenters. The van der Waals surface area contributed by atoms with E-state index in [9.17, 15) is 10.1 Å². The summed E-state index contributed by atoms with van der Waals surface area (Å²) in [6.45, 7) is 1.45. The van der Waals surface area contributed by atoms with Crippen molar-refractivity contribution in [2.45, 2.75) is 19.1 Å². The molecular formula is C21H18Cl2N6O2. The lowest BCUT2D eigenvalue weighted by Gasteiger charge is -2.40. The number of rotatable bonds is 4. The molecule has 0 bridgehead atoms. The van der Waals surface area contributed by atoms with Gasteiger partial charge in [0, 0.05) is 31.9 Å². The van der Waals surface area contributed by atoms with Gasteiger partial charge in [-0.15, -0.1) is 0 Å². The number of anilines is 1. The van der Waals surface area contributed by atoms with E-state index in [1.54, 1.807) is 17.2 Å². The van der Waals surface area contributed by atoms with Gasteiger partial charge in [-0.05, 0) is 17.2 Å². The van der Waals surface area contributed by atoms with E-state index >= 15 is 0 Å². The molecule has 3 heterocycles. The third-order valence-corrected chi connectivity index (χ3v) is 5.43. The van der Waals surface area contributed by atoms with Gasteiger partial charge in [0.2, 0.25) is 5.28 Å². The van der Waals surface area contributed by atoms with Gasteiger partial charge in [0.15, 0.2) is 0 Å². The molecule has 158 valence electrons. The van der Waals surface area contributed by atoms with Crippen LogP contribution in [0.1, 0.15) is 12.0 Å². The summed E-state index contributed by atoms with van der Waals surface area (Å²) in [7, 11) is 0. The van der Waals surface area contributed by atoms with E-state index in [-0.39, 0.29) is 24.4 Å². The van der Waals surface area contributed by atoms with Crippen LogP contribution in [0.2, 0.25) is 10.4 Å². The number of benzene rings is 1. The van der Waals surface area contributed by atoms with Crippen LogP contribution < -0.4 is 4.90 Å². The van der Waals surface area contributed by atoms with E-state index in [0.717, 1.165) is 5.56 Å². The van der Waals surface area contributed by atoms with Crippen LogP contribution in [0.4, 0.5) is 10.6 Å². The number of hydrogen-bond acceptors (Lipinski definition) is 7. The Morgan fingerprint density at radius 1 is 1.23 bits per heavy atom. The fourth-order valence-electron chi connectivity index (χ4n) is 3.57. The number of ether oxygens (including phenoxy) is 1. The second kappa shape index (κ2) is 9.33. The van der Waals surface area contributed by atoms with Crippen molar-refractivity contribution in [2.24, 2.45) is 0 Å². The highest BCUT2D eigenvalue weighted by atomic mass is 35.5. The number of carbonyl (C=O) groups excluding carboxylic acids is 1. The molecule has 0 spiro atoms. The van der Waals surface area contributed by atoms with Crippen molar-refractivity contribution in [3.63, 3.8) is 0 Å². The molecule has 10 heteroatoms. The minimum atomic E-state index is -0.442. The number of amides is 1. The van der Waals surface area contributed by atoms with Crippen LogP contribution in [0, 0.1) is 11.3 Å². The molecule has 1 saturated heterocycles. The standard InChI is InChI=1S/C21H18Cl2N6O2/c22-18-10-17-16(11-25-18)19(27-20(23)26-17)28-8-9-29(15(12-28)6-7-24)21(30)31-13-14-4-2-1-3-5-14/h1-5,10-11,15H,6,8-9,12-13H2/t15-/m0/s1. The van der Waals surface area contributed by atoms with Crippen molar-refractivity contribution in [3.05, 3.63) is 58.6 Å². The molecule has 0 saturated carbocycles. The largest absolute Gasteiger partial charge is 0.445 e. The minimum absolute atomic E-state index is 0.0892. The number of piperazine rings is 1. The van der Waals surface area contributed by atoms with E-state index in [1.165, 1.54) is 0 Å². The summed E-state index contributed by atoms with van der Waals surface area (Å²) in [5.74, 6) is 0.597. The molecule has 0 unspecified atom stereocenters. The predicted octanol–water partition coefficient (Wildman–Crippen LogP) is 4.07. The summed E-state index contributed by atoms with van der Waals surface area (Å²) < 4.78 is 5.48. The summed E-state index contributed by atoms with van der Waals surface area (Å²) in [5, 5.41) is 10.4. The number of halogens is 2. The van der Waals surface area contributed by atoms with Crippen LogP contribution >= 0.6 is 23.2 Å². The lowest BCUT2D eigenvalue weighted by atomic mass is 10.1. The van der Waals surface area contributed by atoms with Crippen LogP contribution in [0.15, 0.2) is 42.6 Å². The lowest BCUT2D eigenvalue weighted by Crippen LogP contribution is -2.55. The van der Waals surface area contributed by atoms with Gasteiger partial charge in [-0.1, -0.05) is 41.9 Å². The molecular weight excluding hydrogens is 439 g/mol. The van der Waals surface area contributed by atoms with Crippen LogP contribution in [0.25, 0.3) is 10.9 Å². The van der Waals surface area contributed by atoms with E-state index in [1.807, 2.05) is 35.2 Å². The Balaban J connectivity index is 1.52. The Bertz CT molecular complexity index is 1130. The van der Waals surface area contributed by atoms with Gasteiger partial charge >= 0.3 is 6.09 Å². The quantitative estimate of drug-likeness (QED) is 0.431. The predicted molar refractivity (Wildman–Crippen MR) is 117 cm³/mol. The fourth-order valence-corrected chi connectivity index (χ4v) is 3.89. The van der Waals surface area contributed by atoms with Gasteiger partial charge in [0.1, 0.15) is 17.6 Å². The average Bonchev–Trinajstić information content (AvgIpc) is 2.77. The summed E-state index contributed by atoms with van der Waals surface area (Å²) in [6, 6.07) is 12.9. The average molecular weight is 457 g/mol. The lowest BCUT2D eigenvalue weighted by molar-refractivity contribution is 0.0768. The molecule has 0 N–H and O–H groups in total. The summed E-state index contributed by atoms with van der Waals surface area (Å²) in [4.78, 5) is 29.0. The van der Waals surface area contributed by atoms with E-state index in [4.69, 9.17) is 27.9 Å². The number of carbonyl (C=O) groups is 1. The Labute approximate surface area is 189 Å². The zero-order valence-electron chi connectivity index (χ0n) is 16.4. The van der Waals surface area contributed by atoms with Gasteiger partial charge in [-0.3, -0.25) is 0 Å². The molecule has 1 amide bonds. The van der Waals surface area contributed by atoms with Crippen LogP contribution in [-0.4, -0.2) is 51.6 Å². The highest BCUT2D eigenvalue weighted by molar-refractivity contribution is 6.30. The van der Waals surface area contributed by atoms with Crippen LogP contribution in [0.5, 0.6) is 0 Å². The van der Waals surface area contributed by atoms with Gasteiger partial charge in [0.05, 0.1) is 29.4 Å². The number of pyridine rings is 1. The number of fused-ring (bicyclic) bond motifs is 1. The highest BCUT2D eigenvalue weighted by Crippen LogP contribution is 2.29. The molecule has 1 aliphatic rings. The number of hydrogen-bond donors (Lipinski definition) is 0. The first-order valence-electron chi connectivity index (χ1n) is 9.63. The van der Waals surface area contributed by atoms with Crippen LogP contribution in [-0.2, 0) is 11.3 Å². The molecule has 31 heavy (non-hydrogen) atoms. The molecule has 1 aromatic carbocycles. The molecule has 1 fully saturated rings. The number of nitriles is 1. The molecule has 0 radical (unpaired) electrons. The monoisotopic (exact) mass is 456 g/mol. The maximum absolute atomic E-state index is 12.7. The van der Waals surface area contributed by atoms with Crippen molar-refractivity contribution in [3.8, 4) is 6.07 Å². The molecule has 0 aliphatic carbocycles. The molecule has 8 nitrogen and oxygen atoms in total. The zero-order valence-corrected chi connectivity index (χ0v) is 17.9. The Hall–Kier alpha value is -3.15. The van der Waals surface area contributed by atoms with Crippen molar-refractivity contribution >= 4 is 46.0 Å². The molecule has 3 aromatic rings. The van der Waals surface area contributed by atoms with Crippen molar-refractivity contribution < 1.29 is 9.53 Å². The summed E-state index contributed by atoms with van der Waals surface area (Å²) >= 11 is 12.1. The van der Waals surface area contributed by atoms with E-state index < -0.39 is 6.09 Å². The molecule has 2 aromatic heterocycles. The Morgan fingerprint density at radius 3 is 2.81 bits per heavy atom. The van der Waals surface area contributed by atoms with Gasteiger partial charge < -0.3 is 14.5 Å². The summed E-state index contributed by atoms with van der Waals surface area (Å²) in [5.41, 5.74) is 1.48. The second-order valence-electron chi connectivity index (χ2n) is 7.04. The van der Waals surface area contributed by atoms with Gasteiger partial charge in [-0.2, -0.15) is 10.2 Å². The smallest absolute Gasteiger partial charge is 0.410 e. The highest BCUT2D eigenvalue weighted by Gasteiger charge is 2.33. The van der Waals surface area contributed by atoms with Crippen molar-refractivity contribution in [2.75, 3.05) is 24.5 Å². The topological polar surface area (TPSA) is 95.2 Å². The second-order valence-corrected chi connectivity index (χ2v) is 7.76. The first-order valence-corrected chi connectivity index (χ1v) is 10.4. The van der Waals surface area contributed by atoms with Crippen molar-refractivity contribution in [1.82, 2.24) is 19.9 Å². The van der Waals surface area contributed by atoms with Gasteiger partial charge in [0.25, 0.3) is 0 Å². The van der Waals surface area contributed by atoms with Crippen molar-refractivity contribution in [1.29, 1.82) is 5.26 Å². The Kier molecular flexibility index (Phi) is 6.35.